The van der Waals surface area contributed by atoms with E-state index >= 15 is 0 Å². The van der Waals surface area contributed by atoms with Gasteiger partial charge in [0.2, 0.25) is 5.78 Å². The molecule has 0 saturated heterocycles. The van der Waals surface area contributed by atoms with Crippen LogP contribution >= 0.6 is 0 Å². The van der Waals surface area contributed by atoms with Gasteiger partial charge in [-0.1, -0.05) is 37.3 Å². The summed E-state index contributed by atoms with van der Waals surface area (Å²) in [6.45, 7) is 4.03. The normalized spacial score (nSPS) is 10.7. The Morgan fingerprint density at radius 3 is 2.58 bits per heavy atom. The smallest absolute Gasteiger partial charge is 0.342 e. The van der Waals surface area contributed by atoms with E-state index in [9.17, 15) is 9.59 Å². The highest BCUT2D eigenvalue weighted by molar-refractivity contribution is 6.09. The van der Waals surface area contributed by atoms with E-state index in [1.807, 2.05) is 25.1 Å². The quantitative estimate of drug-likeness (QED) is 0.512. The number of fused-ring (bicyclic) bond motifs is 1. The molecule has 0 aliphatic heterocycles. The third-order valence-electron chi connectivity index (χ3n) is 4.22. The molecule has 0 atom stereocenters. The van der Waals surface area contributed by atoms with Gasteiger partial charge < -0.3 is 14.5 Å². The van der Waals surface area contributed by atoms with Crippen molar-refractivity contribution in [3.8, 4) is 5.75 Å². The first-order chi connectivity index (χ1) is 12.7. The number of hydrogen-bond acceptors (Lipinski definition) is 4. The van der Waals surface area contributed by atoms with E-state index < -0.39 is 5.97 Å². The van der Waals surface area contributed by atoms with E-state index in [2.05, 4.69) is 11.9 Å². The average Bonchev–Trinajstić information content (AvgIpc) is 3.11. The number of carbonyl (C=O) groups excluding carboxylic acids is 2. The van der Waals surface area contributed by atoms with Crippen LogP contribution in [0.1, 0.15) is 40.1 Å². The lowest BCUT2D eigenvalue weighted by atomic mass is 10.1. The number of aryl methyl sites for hydroxylation is 1. The number of carbonyl (C=O) groups is 2. The number of rotatable bonds is 7. The van der Waals surface area contributed by atoms with E-state index in [1.54, 1.807) is 30.5 Å². The predicted molar refractivity (Wildman–Crippen MR) is 99.9 cm³/mol. The van der Waals surface area contributed by atoms with E-state index in [0.29, 0.717) is 23.5 Å². The van der Waals surface area contributed by atoms with Gasteiger partial charge in [0.15, 0.2) is 6.61 Å². The molecule has 2 aromatic carbocycles. The molecule has 3 rings (SSSR count). The van der Waals surface area contributed by atoms with Gasteiger partial charge in [0.05, 0.1) is 6.61 Å². The molecular weight excluding hydrogens is 330 g/mol. The van der Waals surface area contributed by atoms with Crippen LogP contribution in [0.5, 0.6) is 5.75 Å². The van der Waals surface area contributed by atoms with Crippen LogP contribution in [0.2, 0.25) is 0 Å². The molecule has 0 unspecified atom stereocenters. The molecule has 1 aromatic heterocycles. The molecule has 0 bridgehead atoms. The molecular formula is C21H21NO4. The topological polar surface area (TPSA) is 68.4 Å². The van der Waals surface area contributed by atoms with Gasteiger partial charge in [-0.3, -0.25) is 4.79 Å². The monoisotopic (exact) mass is 351 g/mol. The number of esters is 1. The Kier molecular flexibility index (Phi) is 5.37. The first-order valence-electron chi connectivity index (χ1n) is 8.66. The van der Waals surface area contributed by atoms with Gasteiger partial charge in [-0.2, -0.15) is 0 Å². The fourth-order valence-corrected chi connectivity index (χ4v) is 2.95. The lowest BCUT2D eigenvalue weighted by Crippen LogP contribution is -2.15. The van der Waals surface area contributed by atoms with Crippen LogP contribution < -0.4 is 4.74 Å². The number of Topliss-reactive ketones (excluding diaryl/α,β-unsaturated/α-hetero) is 1. The summed E-state index contributed by atoms with van der Waals surface area (Å²) in [7, 11) is 0. The third kappa shape index (κ3) is 3.47. The maximum atomic E-state index is 12.5. The van der Waals surface area contributed by atoms with Crippen LogP contribution in [0.3, 0.4) is 0 Å². The highest BCUT2D eigenvalue weighted by Crippen LogP contribution is 2.23. The van der Waals surface area contributed by atoms with Crippen LogP contribution in [0.25, 0.3) is 10.9 Å². The van der Waals surface area contributed by atoms with E-state index in [0.717, 1.165) is 22.9 Å². The Morgan fingerprint density at radius 1 is 1.00 bits per heavy atom. The standard InChI is InChI=1S/C21H21NO4/c1-3-14-8-7-10-15-17(12-22-20(14)15)18(23)13-26-21(24)16-9-5-6-11-19(16)25-4-2/h5-12,22H,3-4,13H2,1-2H3. The molecule has 5 nitrogen and oxygen atoms in total. The highest BCUT2D eigenvalue weighted by atomic mass is 16.5. The van der Waals surface area contributed by atoms with Gasteiger partial charge in [0.1, 0.15) is 11.3 Å². The number of ketones is 1. The second-order valence-corrected chi connectivity index (χ2v) is 5.82. The Balaban J connectivity index is 1.75. The van der Waals surface area contributed by atoms with Crippen LogP contribution in [-0.2, 0) is 11.2 Å². The zero-order valence-corrected chi connectivity index (χ0v) is 14.9. The minimum Gasteiger partial charge on any atom is -0.493 e. The van der Waals surface area contributed by atoms with Gasteiger partial charge in [-0.25, -0.2) is 4.79 Å². The lowest BCUT2D eigenvalue weighted by molar-refractivity contribution is 0.0471. The minimum absolute atomic E-state index is 0.244. The van der Waals surface area contributed by atoms with Crippen molar-refractivity contribution in [2.45, 2.75) is 20.3 Å². The summed E-state index contributed by atoms with van der Waals surface area (Å²) < 4.78 is 10.7. The van der Waals surface area contributed by atoms with Crippen molar-refractivity contribution in [1.29, 1.82) is 0 Å². The zero-order chi connectivity index (χ0) is 18.5. The van der Waals surface area contributed by atoms with Crippen LogP contribution in [0.15, 0.2) is 48.7 Å². The van der Waals surface area contributed by atoms with Gasteiger partial charge in [0, 0.05) is 22.7 Å². The van der Waals surface area contributed by atoms with Crippen molar-refractivity contribution in [2.24, 2.45) is 0 Å². The summed E-state index contributed by atoms with van der Waals surface area (Å²) >= 11 is 0. The molecule has 0 saturated carbocycles. The molecule has 1 N–H and O–H groups in total. The number of aromatic nitrogens is 1. The summed E-state index contributed by atoms with van der Waals surface area (Å²) in [5.74, 6) is -0.365. The molecule has 0 fully saturated rings. The predicted octanol–water partition coefficient (Wildman–Crippen LogP) is 4.17. The molecule has 0 spiro atoms. The number of ether oxygens (including phenoxy) is 2. The lowest BCUT2D eigenvalue weighted by Gasteiger charge is -2.09. The van der Waals surface area contributed by atoms with Gasteiger partial charge in [-0.05, 0) is 31.0 Å². The molecule has 0 amide bonds. The second kappa shape index (κ2) is 7.87. The van der Waals surface area contributed by atoms with Crippen LogP contribution in [0, 0.1) is 0 Å². The van der Waals surface area contributed by atoms with Crippen molar-refractivity contribution in [2.75, 3.05) is 13.2 Å². The summed E-state index contributed by atoms with van der Waals surface area (Å²) in [6, 6.07) is 12.7. The number of aromatic amines is 1. The maximum Gasteiger partial charge on any atom is 0.342 e. The molecule has 26 heavy (non-hydrogen) atoms. The fraction of sp³-hybridized carbons (Fsp3) is 0.238. The summed E-state index contributed by atoms with van der Waals surface area (Å²) in [5.41, 5.74) is 2.94. The Hall–Kier alpha value is -3.08. The molecule has 134 valence electrons. The minimum atomic E-state index is -0.573. The summed E-state index contributed by atoms with van der Waals surface area (Å²) in [5, 5.41) is 0.847. The molecule has 0 aliphatic carbocycles. The van der Waals surface area contributed by atoms with Gasteiger partial charge in [0.25, 0.3) is 0 Å². The van der Waals surface area contributed by atoms with Crippen molar-refractivity contribution < 1.29 is 19.1 Å². The molecule has 3 aromatic rings. The van der Waals surface area contributed by atoms with Crippen LogP contribution in [0.4, 0.5) is 0 Å². The maximum absolute atomic E-state index is 12.5. The van der Waals surface area contributed by atoms with Gasteiger partial charge >= 0.3 is 5.97 Å². The van der Waals surface area contributed by atoms with E-state index in [-0.39, 0.29) is 12.4 Å². The van der Waals surface area contributed by atoms with Gasteiger partial charge in [-0.15, -0.1) is 0 Å². The van der Waals surface area contributed by atoms with Crippen molar-refractivity contribution in [3.63, 3.8) is 0 Å². The SMILES string of the molecule is CCOc1ccccc1C(=O)OCC(=O)c1c[nH]c2c(CC)cccc12. The molecule has 0 aliphatic rings. The first-order valence-corrected chi connectivity index (χ1v) is 8.66. The average molecular weight is 351 g/mol. The molecule has 5 heteroatoms. The summed E-state index contributed by atoms with van der Waals surface area (Å²) in [6.07, 6.45) is 2.54. The third-order valence-corrected chi connectivity index (χ3v) is 4.22. The van der Waals surface area contributed by atoms with Crippen molar-refractivity contribution >= 4 is 22.7 Å². The number of para-hydroxylation sites is 2. The Morgan fingerprint density at radius 2 is 1.81 bits per heavy atom. The zero-order valence-electron chi connectivity index (χ0n) is 14.9. The summed E-state index contributed by atoms with van der Waals surface area (Å²) in [4.78, 5) is 28.0. The Labute approximate surface area is 151 Å². The van der Waals surface area contributed by atoms with E-state index in [4.69, 9.17) is 9.47 Å². The second-order valence-electron chi connectivity index (χ2n) is 5.82. The largest absolute Gasteiger partial charge is 0.493 e. The van der Waals surface area contributed by atoms with Crippen LogP contribution in [-0.4, -0.2) is 30.0 Å². The number of benzene rings is 2. The Bertz CT molecular complexity index is 942. The van der Waals surface area contributed by atoms with Crippen molar-refractivity contribution in [1.82, 2.24) is 4.98 Å². The van der Waals surface area contributed by atoms with Crippen molar-refractivity contribution in [3.05, 3.63) is 65.4 Å². The fourth-order valence-electron chi connectivity index (χ4n) is 2.95. The number of nitrogens with one attached hydrogen (secondary N) is 1. The number of H-pyrrole nitrogens is 1. The number of hydrogen-bond donors (Lipinski definition) is 1. The molecule has 0 radical (unpaired) electrons. The first kappa shape index (κ1) is 17.7. The van der Waals surface area contributed by atoms with E-state index in [1.165, 1.54) is 0 Å². The highest BCUT2D eigenvalue weighted by Gasteiger charge is 2.18. The molecule has 1 heterocycles.